The van der Waals surface area contributed by atoms with Gasteiger partial charge in [-0.05, 0) is 25.5 Å². The quantitative estimate of drug-likeness (QED) is 0.611. The minimum atomic E-state index is -2.25. The highest BCUT2D eigenvalue weighted by molar-refractivity contribution is 5.91. The molecular formula is C15H20O5. The van der Waals surface area contributed by atoms with Crippen molar-refractivity contribution in [3.63, 3.8) is 0 Å². The monoisotopic (exact) mass is 280 g/mol. The normalized spacial score (nSPS) is 16.9. The first-order chi connectivity index (χ1) is 9.30. The highest BCUT2D eigenvalue weighted by Gasteiger charge is 2.54. The number of aliphatic hydroxyl groups is 2. The molecule has 5 heteroatoms. The fraction of sp³-hybridized carbons (Fsp3) is 0.467. The van der Waals surface area contributed by atoms with Crippen molar-refractivity contribution in [2.75, 3.05) is 0 Å². The van der Waals surface area contributed by atoms with Crippen LogP contribution in [-0.2, 0) is 9.53 Å². The van der Waals surface area contributed by atoms with Crippen molar-refractivity contribution in [3.05, 3.63) is 35.9 Å². The van der Waals surface area contributed by atoms with Crippen molar-refractivity contribution in [3.8, 4) is 0 Å². The number of benzene rings is 1. The zero-order valence-corrected chi connectivity index (χ0v) is 11.9. The minimum Gasteiger partial charge on any atom is -0.426 e. The third-order valence-electron chi connectivity index (χ3n) is 3.49. The molecule has 5 nitrogen and oxygen atoms in total. The van der Waals surface area contributed by atoms with Gasteiger partial charge in [-0.25, -0.2) is 4.79 Å². The van der Waals surface area contributed by atoms with Crippen molar-refractivity contribution in [2.45, 2.75) is 45.0 Å². The van der Waals surface area contributed by atoms with Crippen LogP contribution in [0.3, 0.4) is 0 Å². The summed E-state index contributed by atoms with van der Waals surface area (Å²) >= 11 is 0. The van der Waals surface area contributed by atoms with E-state index in [1.165, 1.54) is 19.1 Å². The van der Waals surface area contributed by atoms with Gasteiger partial charge in [0.05, 0.1) is 5.56 Å². The summed E-state index contributed by atoms with van der Waals surface area (Å²) in [6.07, 6.45) is -0.162. The Bertz CT molecular complexity index is 484. The topological polar surface area (TPSA) is 83.8 Å². The number of hydrogen-bond donors (Lipinski definition) is 2. The smallest absolute Gasteiger partial charge is 0.340 e. The van der Waals surface area contributed by atoms with Crippen LogP contribution in [0, 0.1) is 0 Å². The number of rotatable bonds is 6. The Balaban J connectivity index is 3.07. The molecule has 0 unspecified atom stereocenters. The molecule has 0 radical (unpaired) electrons. The van der Waals surface area contributed by atoms with Crippen LogP contribution in [0.1, 0.15) is 44.0 Å². The average Bonchev–Trinajstić information content (AvgIpc) is 2.46. The van der Waals surface area contributed by atoms with Gasteiger partial charge < -0.3 is 14.9 Å². The number of hydrogen-bond acceptors (Lipinski definition) is 5. The Kier molecular flexibility index (Phi) is 5.03. The molecule has 0 spiro atoms. The molecule has 0 amide bonds. The van der Waals surface area contributed by atoms with Crippen LogP contribution < -0.4 is 0 Å². The molecule has 0 aliphatic heterocycles. The fourth-order valence-electron chi connectivity index (χ4n) is 2.04. The van der Waals surface area contributed by atoms with Crippen LogP contribution in [0.5, 0.6) is 0 Å². The molecule has 110 valence electrons. The molecule has 0 aliphatic carbocycles. The Morgan fingerprint density at radius 3 is 2.05 bits per heavy atom. The predicted molar refractivity (Wildman–Crippen MR) is 73.0 cm³/mol. The van der Waals surface area contributed by atoms with Gasteiger partial charge in [-0.3, -0.25) is 4.79 Å². The molecule has 1 rings (SSSR count). The van der Waals surface area contributed by atoms with Crippen LogP contribution in [0.4, 0.5) is 0 Å². The van der Waals surface area contributed by atoms with E-state index in [0.29, 0.717) is 0 Å². The molecule has 0 saturated carbocycles. The van der Waals surface area contributed by atoms with E-state index in [1.807, 2.05) is 0 Å². The summed E-state index contributed by atoms with van der Waals surface area (Å²) in [4.78, 5) is 23.6. The van der Waals surface area contributed by atoms with E-state index < -0.39 is 23.1 Å². The molecule has 1 aromatic rings. The molecule has 0 bridgehead atoms. The van der Waals surface area contributed by atoms with Gasteiger partial charge in [0.15, 0.2) is 11.4 Å². The lowest BCUT2D eigenvalue weighted by Crippen LogP contribution is -2.60. The molecule has 0 aliphatic rings. The summed E-state index contributed by atoms with van der Waals surface area (Å²) in [5.41, 5.74) is -1.88. The van der Waals surface area contributed by atoms with E-state index in [9.17, 15) is 19.8 Å². The number of carbonyl (C=O) groups is 2. The molecule has 0 fully saturated rings. The standard InChI is InChI=1S/C15H20O5/c1-4-14(18,11(3)16)15(19,5-2)20-13(17)12-9-7-6-8-10-12/h6-10,18-19H,4-5H2,1-3H3/t14-,15-/m0/s1. The van der Waals surface area contributed by atoms with E-state index in [-0.39, 0.29) is 18.4 Å². The lowest BCUT2D eigenvalue weighted by molar-refractivity contribution is -0.264. The second-order valence-corrected chi connectivity index (χ2v) is 4.66. The molecule has 2 atom stereocenters. The first-order valence-electron chi connectivity index (χ1n) is 6.55. The van der Waals surface area contributed by atoms with E-state index in [0.717, 1.165) is 6.92 Å². The Labute approximate surface area is 118 Å². The summed E-state index contributed by atoms with van der Waals surface area (Å²) in [5.74, 6) is -3.69. The van der Waals surface area contributed by atoms with Gasteiger partial charge in [-0.1, -0.05) is 32.0 Å². The molecule has 0 aromatic heterocycles. The van der Waals surface area contributed by atoms with E-state index in [4.69, 9.17) is 4.74 Å². The van der Waals surface area contributed by atoms with Crippen molar-refractivity contribution >= 4 is 11.8 Å². The number of ketones is 1. The minimum absolute atomic E-state index is 0.0608. The van der Waals surface area contributed by atoms with Gasteiger partial charge in [0.2, 0.25) is 5.79 Å². The summed E-state index contributed by atoms with van der Waals surface area (Å²) in [7, 11) is 0. The summed E-state index contributed by atoms with van der Waals surface area (Å²) < 4.78 is 5.04. The fourth-order valence-corrected chi connectivity index (χ4v) is 2.04. The highest BCUT2D eigenvalue weighted by atomic mass is 16.7. The van der Waals surface area contributed by atoms with Gasteiger partial charge in [0.25, 0.3) is 0 Å². The van der Waals surface area contributed by atoms with Crippen molar-refractivity contribution < 1.29 is 24.5 Å². The number of esters is 1. The first kappa shape index (κ1) is 16.3. The van der Waals surface area contributed by atoms with Crippen LogP contribution in [0.25, 0.3) is 0 Å². The summed E-state index contributed by atoms with van der Waals surface area (Å²) in [6, 6.07) is 8.09. The second-order valence-electron chi connectivity index (χ2n) is 4.66. The van der Waals surface area contributed by atoms with Crippen molar-refractivity contribution in [2.24, 2.45) is 0 Å². The number of Topliss-reactive ketones (excluding diaryl/α,β-unsaturated/α-hetero) is 1. The molecule has 20 heavy (non-hydrogen) atoms. The number of ether oxygens (including phenoxy) is 1. The molecular weight excluding hydrogens is 260 g/mol. The Hall–Kier alpha value is -1.72. The lowest BCUT2D eigenvalue weighted by atomic mass is 9.84. The van der Waals surface area contributed by atoms with Gasteiger partial charge in [0, 0.05) is 6.42 Å². The molecule has 0 saturated heterocycles. The highest BCUT2D eigenvalue weighted by Crippen LogP contribution is 2.32. The van der Waals surface area contributed by atoms with Gasteiger partial charge in [-0.15, -0.1) is 0 Å². The summed E-state index contributed by atoms with van der Waals surface area (Å²) in [5, 5.41) is 20.8. The zero-order valence-electron chi connectivity index (χ0n) is 11.9. The average molecular weight is 280 g/mol. The molecule has 1 aromatic carbocycles. The van der Waals surface area contributed by atoms with Crippen LogP contribution in [-0.4, -0.2) is 33.4 Å². The van der Waals surface area contributed by atoms with Crippen molar-refractivity contribution in [1.82, 2.24) is 0 Å². The van der Waals surface area contributed by atoms with Crippen LogP contribution in [0.2, 0.25) is 0 Å². The Morgan fingerprint density at radius 1 is 1.10 bits per heavy atom. The number of carbonyl (C=O) groups excluding carboxylic acids is 2. The lowest BCUT2D eigenvalue weighted by Gasteiger charge is -2.39. The second kappa shape index (κ2) is 6.15. The van der Waals surface area contributed by atoms with Gasteiger partial charge >= 0.3 is 5.97 Å². The molecule has 0 heterocycles. The van der Waals surface area contributed by atoms with Crippen LogP contribution in [0.15, 0.2) is 30.3 Å². The van der Waals surface area contributed by atoms with E-state index >= 15 is 0 Å². The maximum absolute atomic E-state index is 12.0. The first-order valence-corrected chi connectivity index (χ1v) is 6.55. The third-order valence-corrected chi connectivity index (χ3v) is 3.49. The summed E-state index contributed by atoms with van der Waals surface area (Å²) in [6.45, 7) is 4.22. The maximum atomic E-state index is 12.0. The van der Waals surface area contributed by atoms with Crippen LogP contribution >= 0.6 is 0 Å². The van der Waals surface area contributed by atoms with E-state index in [1.54, 1.807) is 25.1 Å². The third kappa shape index (κ3) is 2.89. The van der Waals surface area contributed by atoms with Crippen molar-refractivity contribution in [1.29, 1.82) is 0 Å². The van der Waals surface area contributed by atoms with E-state index in [2.05, 4.69) is 0 Å². The van der Waals surface area contributed by atoms with Gasteiger partial charge in [-0.2, -0.15) is 0 Å². The zero-order chi connectivity index (χ0) is 15.4. The maximum Gasteiger partial charge on any atom is 0.340 e. The largest absolute Gasteiger partial charge is 0.426 e. The van der Waals surface area contributed by atoms with Gasteiger partial charge in [0.1, 0.15) is 0 Å². The molecule has 2 N–H and O–H groups in total. The predicted octanol–water partition coefficient (Wildman–Crippen LogP) is 1.67. The Morgan fingerprint density at radius 2 is 1.65 bits per heavy atom. The SMILES string of the molecule is CC[C@](O)(OC(=O)c1ccccc1)[C@](O)(CC)C(C)=O.